The number of benzene rings is 2. The highest BCUT2D eigenvalue weighted by Crippen LogP contribution is 2.42. The molecule has 178 valence electrons. The van der Waals surface area contributed by atoms with Gasteiger partial charge in [0.15, 0.2) is 0 Å². The van der Waals surface area contributed by atoms with Crippen molar-refractivity contribution in [2.75, 3.05) is 0 Å². The molecule has 0 heterocycles. The fourth-order valence-electron chi connectivity index (χ4n) is 4.59. The fraction of sp³-hybridized carbons (Fsp3) is 0.462. The molecule has 1 fully saturated rings. The SMILES string of the molecule is CC(C)(c1cccc(Cl)c1)C(OC(=O)NC(CC1CCCCC1)C(=O)O)c1ccccc1Cl. The molecule has 0 aliphatic heterocycles. The van der Waals surface area contributed by atoms with Crippen molar-refractivity contribution in [2.24, 2.45) is 5.92 Å². The van der Waals surface area contributed by atoms with E-state index in [1.54, 1.807) is 18.2 Å². The molecule has 2 N–H and O–H groups in total. The van der Waals surface area contributed by atoms with Crippen molar-refractivity contribution in [2.45, 2.75) is 69.9 Å². The lowest BCUT2D eigenvalue weighted by molar-refractivity contribution is -0.140. The Labute approximate surface area is 205 Å². The number of rotatable bonds is 8. The van der Waals surface area contributed by atoms with Crippen molar-refractivity contribution < 1.29 is 19.4 Å². The molecule has 2 aromatic rings. The molecular formula is C26H31Cl2NO4. The van der Waals surface area contributed by atoms with Gasteiger partial charge in [-0.3, -0.25) is 0 Å². The summed E-state index contributed by atoms with van der Waals surface area (Å²) in [6.07, 6.45) is 4.22. The van der Waals surface area contributed by atoms with Crippen LogP contribution >= 0.6 is 23.2 Å². The number of carboxylic acid groups (broad SMARTS) is 1. The van der Waals surface area contributed by atoms with Gasteiger partial charge in [-0.25, -0.2) is 9.59 Å². The first-order chi connectivity index (χ1) is 15.7. The first-order valence-corrected chi connectivity index (χ1v) is 12.1. The van der Waals surface area contributed by atoms with Gasteiger partial charge in [-0.15, -0.1) is 0 Å². The molecule has 7 heteroatoms. The summed E-state index contributed by atoms with van der Waals surface area (Å²) in [7, 11) is 0. The summed E-state index contributed by atoms with van der Waals surface area (Å²) in [4.78, 5) is 24.8. The summed E-state index contributed by atoms with van der Waals surface area (Å²) in [6, 6.07) is 13.5. The molecule has 33 heavy (non-hydrogen) atoms. The highest BCUT2D eigenvalue weighted by atomic mass is 35.5. The van der Waals surface area contributed by atoms with E-state index in [1.165, 1.54) is 6.42 Å². The number of hydrogen-bond donors (Lipinski definition) is 2. The van der Waals surface area contributed by atoms with E-state index in [4.69, 9.17) is 27.9 Å². The topological polar surface area (TPSA) is 75.6 Å². The summed E-state index contributed by atoms with van der Waals surface area (Å²) in [5.74, 6) is -0.761. The van der Waals surface area contributed by atoms with Gasteiger partial charge in [0.2, 0.25) is 0 Å². The zero-order valence-corrected chi connectivity index (χ0v) is 20.5. The maximum absolute atomic E-state index is 13.0. The van der Waals surface area contributed by atoms with Crippen LogP contribution in [0.1, 0.15) is 69.6 Å². The highest BCUT2D eigenvalue weighted by Gasteiger charge is 2.38. The first kappa shape index (κ1) is 25.4. The second-order valence-electron chi connectivity index (χ2n) is 9.31. The van der Waals surface area contributed by atoms with Gasteiger partial charge in [-0.2, -0.15) is 0 Å². The maximum Gasteiger partial charge on any atom is 0.408 e. The van der Waals surface area contributed by atoms with E-state index >= 15 is 0 Å². The van der Waals surface area contributed by atoms with Crippen molar-refractivity contribution in [1.29, 1.82) is 0 Å². The molecular weight excluding hydrogens is 461 g/mol. The number of carboxylic acids is 1. The third kappa shape index (κ3) is 6.64. The van der Waals surface area contributed by atoms with Gasteiger partial charge >= 0.3 is 12.1 Å². The third-order valence-electron chi connectivity index (χ3n) is 6.52. The second kappa shape index (κ2) is 11.3. The summed E-state index contributed by atoms with van der Waals surface area (Å²) < 4.78 is 5.91. The zero-order chi connectivity index (χ0) is 24.0. The normalized spacial score (nSPS) is 16.6. The maximum atomic E-state index is 13.0. The van der Waals surface area contributed by atoms with E-state index < -0.39 is 29.6 Å². The predicted octanol–water partition coefficient (Wildman–Crippen LogP) is 7.16. The Morgan fingerprint density at radius 3 is 2.42 bits per heavy atom. The number of carbonyl (C=O) groups excluding carboxylic acids is 1. The lowest BCUT2D eigenvalue weighted by Crippen LogP contribution is -2.44. The minimum absolute atomic E-state index is 0.294. The largest absolute Gasteiger partial charge is 0.480 e. The number of hydrogen-bond acceptors (Lipinski definition) is 3. The average molecular weight is 492 g/mol. The van der Waals surface area contributed by atoms with Gasteiger partial charge in [0.25, 0.3) is 0 Å². The van der Waals surface area contributed by atoms with Crippen LogP contribution in [0.15, 0.2) is 48.5 Å². The van der Waals surface area contributed by atoms with Gasteiger partial charge in [0.1, 0.15) is 12.1 Å². The van der Waals surface area contributed by atoms with Crippen molar-refractivity contribution in [3.05, 3.63) is 69.7 Å². The molecule has 0 aromatic heterocycles. The lowest BCUT2D eigenvalue weighted by Gasteiger charge is -2.35. The Hall–Kier alpha value is -2.24. The van der Waals surface area contributed by atoms with Crippen molar-refractivity contribution in [1.82, 2.24) is 5.32 Å². The second-order valence-corrected chi connectivity index (χ2v) is 10.2. The van der Waals surface area contributed by atoms with Crippen LogP contribution in [0.25, 0.3) is 0 Å². The van der Waals surface area contributed by atoms with Gasteiger partial charge in [-0.1, -0.05) is 99.5 Å². The molecule has 2 unspecified atom stereocenters. The molecule has 1 aliphatic rings. The minimum atomic E-state index is -1.05. The Balaban J connectivity index is 1.84. The smallest absolute Gasteiger partial charge is 0.408 e. The average Bonchev–Trinajstić information content (AvgIpc) is 2.78. The monoisotopic (exact) mass is 491 g/mol. The number of carbonyl (C=O) groups is 2. The molecule has 1 aliphatic carbocycles. The van der Waals surface area contributed by atoms with E-state index in [2.05, 4.69) is 5.32 Å². The summed E-state index contributed by atoms with van der Waals surface area (Å²) in [5.41, 5.74) is 0.804. The molecule has 0 radical (unpaired) electrons. The van der Waals surface area contributed by atoms with E-state index in [1.807, 2.05) is 44.2 Å². The zero-order valence-electron chi connectivity index (χ0n) is 19.0. The number of alkyl carbamates (subject to hydrolysis) is 1. The van der Waals surface area contributed by atoms with Crippen LogP contribution in [0, 0.1) is 5.92 Å². The highest BCUT2D eigenvalue weighted by molar-refractivity contribution is 6.31. The molecule has 0 bridgehead atoms. The van der Waals surface area contributed by atoms with E-state index in [-0.39, 0.29) is 0 Å². The molecule has 5 nitrogen and oxygen atoms in total. The van der Waals surface area contributed by atoms with E-state index in [9.17, 15) is 14.7 Å². The Morgan fingerprint density at radius 1 is 1.09 bits per heavy atom. The number of halogens is 2. The Kier molecular flexibility index (Phi) is 8.66. The lowest BCUT2D eigenvalue weighted by atomic mass is 9.76. The van der Waals surface area contributed by atoms with Gasteiger partial charge in [-0.05, 0) is 36.1 Å². The molecule has 1 amide bonds. The molecule has 2 atom stereocenters. The van der Waals surface area contributed by atoms with Gasteiger partial charge in [0, 0.05) is 21.0 Å². The molecule has 0 spiro atoms. The van der Waals surface area contributed by atoms with Gasteiger partial charge < -0.3 is 15.2 Å². The number of nitrogens with one attached hydrogen (secondary N) is 1. The standard InChI is InChI=1S/C26H31Cl2NO4/c1-26(2,18-11-8-12-19(27)16-18)23(20-13-6-7-14-21(20)28)33-25(32)29-22(24(30)31)15-17-9-4-3-5-10-17/h6-8,11-14,16-17,22-23H,3-5,9-10,15H2,1-2H3,(H,29,32)(H,30,31). The summed E-state index contributed by atoms with van der Waals surface area (Å²) >= 11 is 12.7. The van der Waals surface area contributed by atoms with Crippen LogP contribution in [-0.2, 0) is 14.9 Å². The Morgan fingerprint density at radius 2 is 1.79 bits per heavy atom. The summed E-state index contributed by atoms with van der Waals surface area (Å²) in [6.45, 7) is 3.88. The van der Waals surface area contributed by atoms with Crippen LogP contribution in [0.5, 0.6) is 0 Å². The van der Waals surface area contributed by atoms with Crippen LogP contribution in [0.3, 0.4) is 0 Å². The van der Waals surface area contributed by atoms with Crippen LogP contribution < -0.4 is 5.32 Å². The molecule has 2 aromatic carbocycles. The Bertz CT molecular complexity index is 972. The van der Waals surface area contributed by atoms with Crippen molar-refractivity contribution in [3.63, 3.8) is 0 Å². The van der Waals surface area contributed by atoms with Crippen LogP contribution in [0.2, 0.25) is 10.0 Å². The number of amides is 1. The third-order valence-corrected chi connectivity index (χ3v) is 7.10. The van der Waals surface area contributed by atoms with Crippen LogP contribution in [0.4, 0.5) is 4.79 Å². The quantitative estimate of drug-likeness (QED) is 0.410. The molecule has 0 saturated heterocycles. The minimum Gasteiger partial charge on any atom is -0.480 e. The number of aliphatic carboxylic acids is 1. The predicted molar refractivity (Wildman–Crippen MR) is 131 cm³/mol. The van der Waals surface area contributed by atoms with E-state index in [0.29, 0.717) is 27.9 Å². The molecule has 3 rings (SSSR count). The van der Waals surface area contributed by atoms with E-state index in [0.717, 1.165) is 31.2 Å². The van der Waals surface area contributed by atoms with Crippen molar-refractivity contribution >= 4 is 35.3 Å². The van der Waals surface area contributed by atoms with Crippen molar-refractivity contribution in [3.8, 4) is 0 Å². The fourth-order valence-corrected chi connectivity index (χ4v) is 5.01. The number of ether oxygens (including phenoxy) is 1. The summed E-state index contributed by atoms with van der Waals surface area (Å²) in [5, 5.41) is 13.3. The molecule has 1 saturated carbocycles. The van der Waals surface area contributed by atoms with Gasteiger partial charge in [0.05, 0.1) is 0 Å². The first-order valence-electron chi connectivity index (χ1n) is 11.4. The van der Waals surface area contributed by atoms with Crippen LogP contribution in [-0.4, -0.2) is 23.2 Å².